The molecule has 1 fully saturated rings. The highest BCUT2D eigenvalue weighted by Gasteiger charge is 2.49. The number of aromatic nitrogens is 4. The summed E-state index contributed by atoms with van der Waals surface area (Å²) in [6.07, 6.45) is -5.64. The van der Waals surface area contributed by atoms with E-state index in [1.165, 1.54) is 10.9 Å². The summed E-state index contributed by atoms with van der Waals surface area (Å²) in [7, 11) is 0. The molecule has 0 saturated carbocycles. The van der Waals surface area contributed by atoms with E-state index in [9.17, 15) is 25.2 Å². The highest BCUT2D eigenvalue weighted by atomic mass is 16.6. The van der Waals surface area contributed by atoms with E-state index in [1.54, 1.807) is 0 Å². The second-order valence-electron chi connectivity index (χ2n) is 4.78. The van der Waals surface area contributed by atoms with Crippen LogP contribution in [0, 0.1) is 0 Å². The number of imidazole rings is 1. The fraction of sp³-hybridized carbons (Fsp3) is 0.455. The van der Waals surface area contributed by atoms with E-state index in [2.05, 4.69) is 15.0 Å². The third-order valence-corrected chi connectivity index (χ3v) is 3.45. The van der Waals surface area contributed by atoms with E-state index < -0.39 is 36.6 Å². The molecule has 0 bridgehead atoms. The Morgan fingerprint density at radius 1 is 1.27 bits per heavy atom. The summed E-state index contributed by atoms with van der Waals surface area (Å²) >= 11 is 0. The highest BCUT2D eigenvalue weighted by molar-refractivity contribution is 5.75. The number of aliphatic hydroxyl groups is 3. The number of hydrogen-bond donors (Lipinski definition) is 5. The van der Waals surface area contributed by atoms with E-state index in [0.717, 1.165) is 6.33 Å². The summed E-state index contributed by atoms with van der Waals surface area (Å²) in [4.78, 5) is 22.1. The molecule has 1 aliphatic heterocycles. The first-order chi connectivity index (χ1) is 10.4. The van der Waals surface area contributed by atoms with Crippen molar-refractivity contribution in [3.8, 4) is 5.88 Å². The predicted molar refractivity (Wildman–Crippen MR) is 66.6 cm³/mol. The third-order valence-electron chi connectivity index (χ3n) is 3.45. The molecule has 0 spiro atoms. The molecule has 2 aromatic rings. The maximum Gasteiger partial charge on any atom is 0.335 e. The molecule has 11 nitrogen and oxygen atoms in total. The Bertz CT molecular complexity index is 720. The van der Waals surface area contributed by atoms with Crippen molar-refractivity contribution in [1.29, 1.82) is 0 Å². The molecule has 0 radical (unpaired) electrons. The van der Waals surface area contributed by atoms with Crippen molar-refractivity contribution >= 4 is 17.1 Å². The van der Waals surface area contributed by atoms with E-state index >= 15 is 0 Å². The number of nitrogens with zero attached hydrogens (tertiary/aromatic N) is 4. The molecule has 0 amide bonds. The zero-order valence-corrected chi connectivity index (χ0v) is 10.9. The van der Waals surface area contributed by atoms with Gasteiger partial charge in [-0.3, -0.25) is 4.57 Å². The summed E-state index contributed by atoms with van der Waals surface area (Å²) in [5.41, 5.74) is 0.171. The maximum absolute atomic E-state index is 10.8. The molecule has 22 heavy (non-hydrogen) atoms. The Kier molecular flexibility index (Phi) is 3.41. The van der Waals surface area contributed by atoms with Crippen LogP contribution in [0.2, 0.25) is 0 Å². The molecule has 0 aliphatic carbocycles. The zero-order valence-electron chi connectivity index (χ0n) is 10.9. The second kappa shape index (κ2) is 5.14. The van der Waals surface area contributed by atoms with Crippen molar-refractivity contribution in [2.75, 3.05) is 0 Å². The van der Waals surface area contributed by atoms with Crippen molar-refractivity contribution in [3.63, 3.8) is 0 Å². The normalized spacial score (nSPS) is 29.8. The first kappa shape index (κ1) is 14.6. The molecule has 1 aliphatic rings. The minimum atomic E-state index is -2.01. The Hall–Kier alpha value is -2.34. The van der Waals surface area contributed by atoms with Crippen LogP contribution >= 0.6 is 0 Å². The van der Waals surface area contributed by atoms with Crippen LogP contribution in [0.5, 0.6) is 5.88 Å². The number of aromatic hydroxyl groups is 1. The lowest BCUT2D eigenvalue weighted by atomic mass is 10.1. The van der Waals surface area contributed by atoms with Crippen LogP contribution in [-0.4, -0.2) is 75.4 Å². The summed E-state index contributed by atoms with van der Waals surface area (Å²) in [5, 5.41) is 47.7. The average molecular weight is 312 g/mol. The largest absolute Gasteiger partial charge is 0.492 e. The van der Waals surface area contributed by atoms with Gasteiger partial charge in [0.1, 0.15) is 24.6 Å². The predicted octanol–water partition coefficient (Wildman–Crippen LogP) is -2.40. The first-order valence-electron chi connectivity index (χ1n) is 6.20. The van der Waals surface area contributed by atoms with Gasteiger partial charge in [-0.05, 0) is 0 Å². The Morgan fingerprint density at radius 3 is 2.68 bits per heavy atom. The van der Waals surface area contributed by atoms with Crippen molar-refractivity contribution in [3.05, 3.63) is 12.7 Å². The second-order valence-corrected chi connectivity index (χ2v) is 4.78. The number of carboxylic acid groups (broad SMARTS) is 1. The Labute approximate surface area is 122 Å². The molecule has 3 rings (SSSR count). The third kappa shape index (κ3) is 2.07. The topological polar surface area (TPSA) is 171 Å². The first-order valence-corrected chi connectivity index (χ1v) is 6.20. The van der Waals surface area contributed by atoms with Crippen LogP contribution in [0.25, 0.3) is 11.2 Å². The van der Waals surface area contributed by atoms with Crippen LogP contribution in [0.3, 0.4) is 0 Å². The van der Waals surface area contributed by atoms with Gasteiger partial charge in [0.2, 0.25) is 5.88 Å². The van der Waals surface area contributed by atoms with Crippen LogP contribution in [0.15, 0.2) is 12.7 Å². The van der Waals surface area contributed by atoms with Crippen LogP contribution in [-0.2, 0) is 9.53 Å². The standard InChI is InChI=1S/C11H12N4O7/c16-4-5(17)10(22-7(4)6(18)11(20)21)15-2-14-3-8(15)12-1-13-9(3)19/h1-2,4-7,10,16-18H,(H,20,21)(H,12,13,19)/t4-,5+,6?,7-,10+/m0/s1. The van der Waals surface area contributed by atoms with Gasteiger partial charge in [-0.2, -0.15) is 4.98 Å². The monoisotopic (exact) mass is 312 g/mol. The lowest BCUT2D eigenvalue weighted by molar-refractivity contribution is -0.160. The van der Waals surface area contributed by atoms with E-state index in [1.807, 2.05) is 0 Å². The van der Waals surface area contributed by atoms with Crippen molar-refractivity contribution in [2.24, 2.45) is 0 Å². The molecule has 0 aromatic carbocycles. The van der Waals surface area contributed by atoms with Gasteiger partial charge in [0.25, 0.3) is 0 Å². The Morgan fingerprint density at radius 2 is 2.00 bits per heavy atom. The summed E-state index contributed by atoms with van der Waals surface area (Å²) < 4.78 is 6.46. The SMILES string of the molecule is O=C(O)C(O)[C@H]1O[C@@H](n2cnc3c(O)ncnc32)[C@H](O)[C@@H]1O. The van der Waals surface area contributed by atoms with Crippen LogP contribution < -0.4 is 0 Å². The summed E-state index contributed by atoms with van der Waals surface area (Å²) in [5.74, 6) is -1.97. The molecule has 1 saturated heterocycles. The quantitative estimate of drug-likeness (QED) is 0.411. The van der Waals surface area contributed by atoms with Crippen LogP contribution in [0.4, 0.5) is 0 Å². The lowest BCUT2D eigenvalue weighted by Gasteiger charge is -2.17. The van der Waals surface area contributed by atoms with E-state index in [4.69, 9.17) is 9.84 Å². The molecular weight excluding hydrogens is 300 g/mol. The highest BCUT2D eigenvalue weighted by Crippen LogP contribution is 2.33. The van der Waals surface area contributed by atoms with E-state index in [-0.39, 0.29) is 17.0 Å². The van der Waals surface area contributed by atoms with Gasteiger partial charge in [-0.1, -0.05) is 0 Å². The molecular formula is C11H12N4O7. The minimum absolute atomic E-state index is 0.0509. The number of aliphatic carboxylic acids is 1. The smallest absolute Gasteiger partial charge is 0.335 e. The average Bonchev–Trinajstić information content (AvgIpc) is 3.02. The van der Waals surface area contributed by atoms with Gasteiger partial charge >= 0.3 is 5.97 Å². The molecule has 1 unspecified atom stereocenters. The molecule has 5 atom stereocenters. The fourth-order valence-corrected chi connectivity index (χ4v) is 2.34. The number of hydrogen-bond acceptors (Lipinski definition) is 9. The fourth-order valence-electron chi connectivity index (χ4n) is 2.34. The van der Waals surface area contributed by atoms with Crippen molar-refractivity contribution < 1.29 is 35.1 Å². The number of carbonyl (C=O) groups is 1. The molecule has 3 heterocycles. The summed E-state index contributed by atoms with van der Waals surface area (Å²) in [6.45, 7) is 0. The summed E-state index contributed by atoms with van der Waals surface area (Å²) in [6, 6.07) is 0. The van der Waals surface area contributed by atoms with Gasteiger partial charge in [-0.15, -0.1) is 0 Å². The van der Waals surface area contributed by atoms with Gasteiger partial charge < -0.3 is 30.3 Å². The number of ether oxygens (including phenoxy) is 1. The Balaban J connectivity index is 1.98. The molecule has 2 aromatic heterocycles. The van der Waals surface area contributed by atoms with Crippen molar-refractivity contribution in [2.45, 2.75) is 30.6 Å². The minimum Gasteiger partial charge on any atom is -0.492 e. The zero-order chi connectivity index (χ0) is 16.0. The molecule has 5 N–H and O–H groups in total. The van der Waals surface area contributed by atoms with Crippen molar-refractivity contribution in [1.82, 2.24) is 19.5 Å². The van der Waals surface area contributed by atoms with Crippen LogP contribution in [0.1, 0.15) is 6.23 Å². The maximum atomic E-state index is 10.8. The number of fused-ring (bicyclic) bond motifs is 1. The van der Waals surface area contributed by atoms with Gasteiger partial charge in [-0.25, -0.2) is 14.8 Å². The number of carboxylic acids is 1. The van der Waals surface area contributed by atoms with Gasteiger partial charge in [0.15, 0.2) is 23.5 Å². The number of aliphatic hydroxyl groups excluding tert-OH is 3. The number of rotatable bonds is 3. The van der Waals surface area contributed by atoms with E-state index in [0.29, 0.717) is 0 Å². The molecule has 11 heteroatoms. The molecule has 118 valence electrons. The lowest BCUT2D eigenvalue weighted by Crippen LogP contribution is -2.42. The van der Waals surface area contributed by atoms with Gasteiger partial charge in [0, 0.05) is 0 Å². The van der Waals surface area contributed by atoms with Gasteiger partial charge in [0.05, 0.1) is 6.33 Å².